The average molecular weight is 409 g/mol. The molecule has 0 saturated heterocycles. The molecule has 1 aliphatic rings. The second-order valence-electron chi connectivity index (χ2n) is 5.75. The number of nitrogens with zero attached hydrogens (tertiary/aromatic N) is 2. The van der Waals surface area contributed by atoms with E-state index in [2.05, 4.69) is 4.99 Å². The number of rotatable bonds is 5. The van der Waals surface area contributed by atoms with Crippen molar-refractivity contribution in [1.29, 1.82) is 0 Å². The number of hydrogen-bond donors (Lipinski definition) is 0. The van der Waals surface area contributed by atoms with E-state index in [0.29, 0.717) is 39.8 Å². The van der Waals surface area contributed by atoms with Gasteiger partial charge in [-0.2, -0.15) is 0 Å². The maximum atomic E-state index is 12.7. The van der Waals surface area contributed by atoms with Gasteiger partial charge in [-0.3, -0.25) is 14.7 Å². The van der Waals surface area contributed by atoms with Gasteiger partial charge < -0.3 is 4.74 Å². The molecular formula is C19H18Cl2N2O2S. The van der Waals surface area contributed by atoms with Crippen LogP contribution in [0.5, 0.6) is 5.75 Å². The highest BCUT2D eigenvalue weighted by Gasteiger charge is 2.29. The van der Waals surface area contributed by atoms with Gasteiger partial charge in [0.15, 0.2) is 11.3 Å². The number of carbonyl (C=O) groups excluding carboxylic acids is 1. The van der Waals surface area contributed by atoms with Crippen LogP contribution in [0.3, 0.4) is 0 Å². The van der Waals surface area contributed by atoms with Crippen molar-refractivity contribution < 1.29 is 9.53 Å². The lowest BCUT2D eigenvalue weighted by molar-refractivity contribution is -0.133. The third kappa shape index (κ3) is 4.72. The monoisotopic (exact) mass is 408 g/mol. The van der Waals surface area contributed by atoms with Crippen LogP contribution in [-0.4, -0.2) is 35.2 Å². The summed E-state index contributed by atoms with van der Waals surface area (Å²) in [4.78, 5) is 18.9. The molecule has 3 rings (SSSR count). The van der Waals surface area contributed by atoms with Crippen LogP contribution in [0.2, 0.25) is 10.0 Å². The van der Waals surface area contributed by atoms with Gasteiger partial charge in [0.25, 0.3) is 5.91 Å². The summed E-state index contributed by atoms with van der Waals surface area (Å²) in [5, 5.41) is 1.91. The molecule has 26 heavy (non-hydrogen) atoms. The molecule has 0 saturated carbocycles. The molecule has 0 radical (unpaired) electrons. The van der Waals surface area contributed by atoms with E-state index >= 15 is 0 Å². The summed E-state index contributed by atoms with van der Waals surface area (Å²) >= 11 is 13.6. The minimum Gasteiger partial charge on any atom is -0.481 e. The molecule has 0 spiro atoms. The van der Waals surface area contributed by atoms with Crippen LogP contribution >= 0.6 is 35.0 Å². The standard InChI is InChI=1S/C19H18Cl2N2O2S/c1-13(25-16-5-3-2-4-6-16)18(24)23-10-9-22-19(23)26-12-14-7-8-15(20)11-17(14)21/h2-8,11,13H,9-10,12H2,1H3/t13-/m0/s1. The van der Waals surface area contributed by atoms with E-state index in [1.165, 1.54) is 11.8 Å². The number of ether oxygens (including phenoxy) is 1. The van der Waals surface area contributed by atoms with Crippen molar-refractivity contribution >= 4 is 46.0 Å². The molecule has 7 heteroatoms. The van der Waals surface area contributed by atoms with Crippen molar-refractivity contribution in [3.63, 3.8) is 0 Å². The first-order valence-corrected chi connectivity index (χ1v) is 9.93. The van der Waals surface area contributed by atoms with E-state index < -0.39 is 6.10 Å². The van der Waals surface area contributed by atoms with Crippen molar-refractivity contribution in [1.82, 2.24) is 4.90 Å². The Bertz CT molecular complexity index is 814. The maximum Gasteiger partial charge on any atom is 0.269 e. The van der Waals surface area contributed by atoms with Crippen LogP contribution < -0.4 is 4.74 Å². The highest BCUT2D eigenvalue weighted by molar-refractivity contribution is 8.13. The Hall–Kier alpha value is -1.69. The maximum absolute atomic E-state index is 12.7. The fourth-order valence-corrected chi connectivity index (χ4v) is 4.12. The van der Waals surface area contributed by atoms with E-state index in [1.54, 1.807) is 24.0 Å². The number of carbonyl (C=O) groups is 1. The first kappa shape index (κ1) is 19.1. The second kappa shape index (κ2) is 8.80. The predicted molar refractivity (Wildman–Crippen MR) is 108 cm³/mol. The van der Waals surface area contributed by atoms with Gasteiger partial charge in [-0.25, -0.2) is 0 Å². The number of thioether (sulfide) groups is 1. The summed E-state index contributed by atoms with van der Waals surface area (Å²) in [6.07, 6.45) is -0.583. The molecule has 4 nitrogen and oxygen atoms in total. The van der Waals surface area contributed by atoms with Gasteiger partial charge in [0, 0.05) is 22.3 Å². The number of hydrogen-bond acceptors (Lipinski definition) is 4. The van der Waals surface area contributed by atoms with Gasteiger partial charge in [-0.15, -0.1) is 0 Å². The molecule has 1 atom stereocenters. The zero-order valence-electron chi connectivity index (χ0n) is 14.2. The predicted octanol–water partition coefficient (Wildman–Crippen LogP) is 4.89. The summed E-state index contributed by atoms with van der Waals surface area (Å²) in [5.74, 6) is 1.19. The Kier molecular flexibility index (Phi) is 6.46. The number of halogens is 2. The topological polar surface area (TPSA) is 41.9 Å². The Morgan fingerprint density at radius 3 is 2.77 bits per heavy atom. The summed E-state index contributed by atoms with van der Waals surface area (Å²) in [6.45, 7) is 2.92. The molecule has 1 amide bonds. The average Bonchev–Trinajstić information content (AvgIpc) is 3.09. The van der Waals surface area contributed by atoms with Gasteiger partial charge in [0.1, 0.15) is 5.75 Å². The van der Waals surface area contributed by atoms with Gasteiger partial charge in [0.2, 0.25) is 0 Å². The van der Waals surface area contributed by atoms with Gasteiger partial charge in [-0.1, -0.05) is 59.2 Å². The van der Waals surface area contributed by atoms with Crippen molar-refractivity contribution in [2.75, 3.05) is 13.1 Å². The van der Waals surface area contributed by atoms with Gasteiger partial charge >= 0.3 is 0 Å². The van der Waals surface area contributed by atoms with Crippen LogP contribution in [0.1, 0.15) is 12.5 Å². The van der Waals surface area contributed by atoms with E-state index in [4.69, 9.17) is 27.9 Å². The van der Waals surface area contributed by atoms with Crippen molar-refractivity contribution in [3.8, 4) is 5.75 Å². The van der Waals surface area contributed by atoms with Crippen molar-refractivity contribution in [2.24, 2.45) is 4.99 Å². The lowest BCUT2D eigenvalue weighted by Gasteiger charge is -2.22. The van der Waals surface area contributed by atoms with Crippen LogP contribution in [0.25, 0.3) is 0 Å². The lowest BCUT2D eigenvalue weighted by atomic mass is 10.2. The summed E-state index contributed by atoms with van der Waals surface area (Å²) in [6, 6.07) is 14.7. The molecule has 1 heterocycles. The van der Waals surface area contributed by atoms with E-state index in [1.807, 2.05) is 36.4 Å². The Morgan fingerprint density at radius 2 is 2.04 bits per heavy atom. The molecule has 2 aromatic carbocycles. The molecule has 2 aromatic rings. The zero-order chi connectivity index (χ0) is 18.5. The Labute approximate surface area is 167 Å². The van der Waals surface area contributed by atoms with Crippen LogP contribution in [0, 0.1) is 0 Å². The minimum absolute atomic E-state index is 0.0974. The smallest absolute Gasteiger partial charge is 0.269 e. The quantitative estimate of drug-likeness (QED) is 0.706. The molecular weight excluding hydrogens is 391 g/mol. The normalized spacial score (nSPS) is 14.9. The fraction of sp³-hybridized carbons (Fsp3) is 0.263. The first-order chi connectivity index (χ1) is 12.5. The van der Waals surface area contributed by atoms with Crippen LogP contribution in [0.15, 0.2) is 53.5 Å². The van der Waals surface area contributed by atoms with E-state index in [9.17, 15) is 4.79 Å². The first-order valence-electron chi connectivity index (χ1n) is 8.19. The highest BCUT2D eigenvalue weighted by atomic mass is 35.5. The number of para-hydroxylation sites is 1. The Balaban J connectivity index is 1.61. The van der Waals surface area contributed by atoms with Gasteiger partial charge in [0.05, 0.1) is 6.54 Å². The molecule has 0 bridgehead atoms. The number of aliphatic imine (C=N–C) groups is 1. The molecule has 1 aliphatic heterocycles. The summed E-state index contributed by atoms with van der Waals surface area (Å²) in [5.41, 5.74) is 0.955. The minimum atomic E-state index is -0.583. The molecule has 0 aromatic heterocycles. The molecule has 136 valence electrons. The van der Waals surface area contributed by atoms with Crippen molar-refractivity contribution in [2.45, 2.75) is 18.8 Å². The number of benzene rings is 2. The van der Waals surface area contributed by atoms with E-state index in [0.717, 1.165) is 5.56 Å². The lowest BCUT2D eigenvalue weighted by Crippen LogP contribution is -2.41. The largest absolute Gasteiger partial charge is 0.481 e. The second-order valence-corrected chi connectivity index (χ2v) is 7.54. The SMILES string of the molecule is C[C@H](Oc1ccccc1)C(=O)N1CCN=C1SCc1ccc(Cl)cc1Cl. The highest BCUT2D eigenvalue weighted by Crippen LogP contribution is 2.27. The van der Waals surface area contributed by atoms with E-state index in [-0.39, 0.29) is 5.91 Å². The molecule has 0 N–H and O–H groups in total. The third-order valence-electron chi connectivity index (χ3n) is 3.84. The molecule has 0 unspecified atom stereocenters. The summed E-state index contributed by atoms with van der Waals surface area (Å²) in [7, 11) is 0. The zero-order valence-corrected chi connectivity index (χ0v) is 16.5. The van der Waals surface area contributed by atoms with Crippen LogP contribution in [0.4, 0.5) is 0 Å². The summed E-state index contributed by atoms with van der Waals surface area (Å²) < 4.78 is 5.74. The number of amidine groups is 1. The van der Waals surface area contributed by atoms with Crippen molar-refractivity contribution in [3.05, 3.63) is 64.1 Å². The third-order valence-corrected chi connectivity index (χ3v) is 5.49. The van der Waals surface area contributed by atoms with Gasteiger partial charge in [-0.05, 0) is 36.8 Å². The molecule has 0 aliphatic carbocycles. The Morgan fingerprint density at radius 1 is 1.27 bits per heavy atom. The van der Waals surface area contributed by atoms with Crippen LogP contribution in [-0.2, 0) is 10.5 Å². The number of amides is 1. The fourth-order valence-electron chi connectivity index (χ4n) is 2.51. The molecule has 0 fully saturated rings.